The molecule has 0 aromatic carbocycles. The van der Waals surface area contributed by atoms with Gasteiger partial charge in [-0.15, -0.1) is 5.10 Å². The van der Waals surface area contributed by atoms with Crippen LogP contribution in [0.4, 0.5) is 11.4 Å². The first-order valence-electron chi connectivity index (χ1n) is 10.8. The molecule has 0 radical (unpaired) electrons. The number of rotatable bonds is 7. The minimum Gasteiger partial charge on any atom is -0.478 e. The number of piperidine rings is 1. The van der Waals surface area contributed by atoms with Crippen LogP contribution < -0.4 is 15.6 Å². The van der Waals surface area contributed by atoms with E-state index in [9.17, 15) is 9.59 Å². The molecule has 2 fully saturated rings. The number of ether oxygens (including phenoxy) is 1. The summed E-state index contributed by atoms with van der Waals surface area (Å²) in [6.07, 6.45) is 6.74. The Morgan fingerprint density at radius 1 is 1.28 bits per heavy atom. The van der Waals surface area contributed by atoms with Crippen LogP contribution in [0.1, 0.15) is 6.92 Å². The quantitative estimate of drug-likeness (QED) is 0.564. The number of carbonyl (C=O) groups is 1. The van der Waals surface area contributed by atoms with Crippen molar-refractivity contribution in [2.45, 2.75) is 20.0 Å². The first kappa shape index (κ1) is 20.3. The number of hydrogen-bond donors (Lipinski definition) is 1. The highest BCUT2D eigenvalue weighted by Gasteiger charge is 2.56. The Hall–Kier alpha value is -3.56. The third kappa shape index (κ3) is 3.17. The molecule has 1 saturated heterocycles. The lowest BCUT2D eigenvalue weighted by Crippen LogP contribution is -2.31. The summed E-state index contributed by atoms with van der Waals surface area (Å²) in [4.78, 5) is 31.6. The number of fused-ring (bicyclic) bond motifs is 2. The van der Waals surface area contributed by atoms with Crippen molar-refractivity contribution in [1.82, 2.24) is 28.8 Å². The summed E-state index contributed by atoms with van der Waals surface area (Å²) in [7, 11) is 3.39. The highest BCUT2D eigenvalue weighted by atomic mass is 16.5. The van der Waals surface area contributed by atoms with Crippen molar-refractivity contribution in [1.29, 1.82) is 0 Å². The zero-order valence-electron chi connectivity index (χ0n) is 18.5. The molecule has 1 N–H and O–H groups in total. The molecule has 2 aliphatic rings. The summed E-state index contributed by atoms with van der Waals surface area (Å²) < 4.78 is 10.7. The van der Waals surface area contributed by atoms with Gasteiger partial charge < -0.3 is 24.1 Å². The molecule has 0 bridgehead atoms. The van der Waals surface area contributed by atoms with Gasteiger partial charge in [0.05, 0.1) is 25.3 Å². The number of imidazole rings is 1. The SMILES string of the molecule is C=CC(=O)N1CC2C(C1)C2Cn1cc(Nc2cn(C)nc2OC)c2ncn(CC)c2c1=O. The van der Waals surface area contributed by atoms with Gasteiger partial charge in [-0.2, -0.15) is 0 Å². The van der Waals surface area contributed by atoms with E-state index >= 15 is 0 Å². The van der Waals surface area contributed by atoms with Crippen LogP contribution in [0.5, 0.6) is 5.88 Å². The van der Waals surface area contributed by atoms with Crippen LogP contribution in [-0.2, 0) is 24.9 Å². The summed E-state index contributed by atoms with van der Waals surface area (Å²) >= 11 is 0. The Morgan fingerprint density at radius 3 is 2.69 bits per heavy atom. The van der Waals surface area contributed by atoms with Crippen LogP contribution in [0.2, 0.25) is 0 Å². The standard InChI is InChI=1S/C22H27N7O3/c1-5-18(30)28-7-13-14(8-28)15(13)9-29-11-16(24-17-10-26(3)25-21(17)32-4)19-20(22(29)31)27(6-2)12-23-19/h5,10-15,24H,1,6-9H2,2-4H3. The van der Waals surface area contributed by atoms with E-state index in [4.69, 9.17) is 4.74 Å². The van der Waals surface area contributed by atoms with Crippen molar-refractivity contribution in [3.05, 3.63) is 41.7 Å². The number of aromatic nitrogens is 5. The van der Waals surface area contributed by atoms with Crippen LogP contribution in [0.25, 0.3) is 11.0 Å². The normalized spacial score (nSPS) is 21.6. The predicted molar refractivity (Wildman–Crippen MR) is 120 cm³/mol. The molecular weight excluding hydrogens is 410 g/mol. The van der Waals surface area contributed by atoms with E-state index in [1.54, 1.807) is 22.7 Å². The average Bonchev–Trinajstić information content (AvgIpc) is 3.22. The van der Waals surface area contributed by atoms with Gasteiger partial charge in [-0.3, -0.25) is 14.3 Å². The number of pyridine rings is 1. The highest BCUT2D eigenvalue weighted by molar-refractivity contribution is 5.90. The van der Waals surface area contributed by atoms with Gasteiger partial charge in [0.2, 0.25) is 5.91 Å². The van der Waals surface area contributed by atoms with E-state index in [0.717, 1.165) is 18.8 Å². The predicted octanol–water partition coefficient (Wildman–Crippen LogP) is 1.59. The fourth-order valence-corrected chi connectivity index (χ4v) is 4.99. The third-order valence-corrected chi connectivity index (χ3v) is 6.70. The average molecular weight is 438 g/mol. The van der Waals surface area contributed by atoms with E-state index in [-0.39, 0.29) is 11.5 Å². The molecule has 3 aromatic rings. The van der Waals surface area contributed by atoms with Gasteiger partial charge in [0.1, 0.15) is 16.7 Å². The fraction of sp³-hybridized carbons (Fsp3) is 0.455. The highest BCUT2D eigenvalue weighted by Crippen LogP contribution is 2.52. The van der Waals surface area contributed by atoms with E-state index in [0.29, 0.717) is 53.4 Å². The smallest absolute Gasteiger partial charge is 0.276 e. The number of nitrogens with one attached hydrogen (secondary N) is 1. The molecule has 1 aliphatic carbocycles. The molecule has 1 saturated carbocycles. The monoisotopic (exact) mass is 437 g/mol. The molecule has 10 heteroatoms. The first-order valence-corrected chi connectivity index (χ1v) is 10.8. The molecule has 5 rings (SSSR count). The van der Waals surface area contributed by atoms with Crippen molar-refractivity contribution in [2.75, 3.05) is 25.5 Å². The van der Waals surface area contributed by atoms with Crippen molar-refractivity contribution in [3.63, 3.8) is 0 Å². The summed E-state index contributed by atoms with van der Waals surface area (Å²) in [5.74, 6) is 1.72. The minimum atomic E-state index is -0.0490. The lowest BCUT2D eigenvalue weighted by Gasteiger charge is -2.18. The van der Waals surface area contributed by atoms with E-state index in [1.807, 2.05) is 35.8 Å². The van der Waals surface area contributed by atoms with Gasteiger partial charge in [0.25, 0.3) is 11.4 Å². The van der Waals surface area contributed by atoms with E-state index in [1.165, 1.54) is 6.08 Å². The molecule has 3 aromatic heterocycles. The van der Waals surface area contributed by atoms with Gasteiger partial charge in [-0.25, -0.2) is 4.98 Å². The summed E-state index contributed by atoms with van der Waals surface area (Å²) in [5, 5.41) is 7.65. The molecule has 1 amide bonds. The maximum atomic E-state index is 13.4. The lowest BCUT2D eigenvalue weighted by atomic mass is 10.2. The number of likely N-dealkylation sites (tertiary alicyclic amines) is 1. The zero-order valence-corrected chi connectivity index (χ0v) is 18.5. The van der Waals surface area contributed by atoms with Gasteiger partial charge in [0, 0.05) is 39.4 Å². The van der Waals surface area contributed by atoms with Gasteiger partial charge in [-0.05, 0) is 30.8 Å². The summed E-state index contributed by atoms with van der Waals surface area (Å²) in [6, 6.07) is 0. The van der Waals surface area contributed by atoms with Crippen LogP contribution in [-0.4, -0.2) is 54.9 Å². The van der Waals surface area contributed by atoms with E-state index < -0.39 is 0 Å². The summed E-state index contributed by atoms with van der Waals surface area (Å²) in [6.45, 7) is 8.31. The Balaban J connectivity index is 1.47. The number of nitrogens with zero attached hydrogens (tertiary/aromatic N) is 6. The van der Waals surface area contributed by atoms with Gasteiger partial charge in [-0.1, -0.05) is 6.58 Å². The number of amides is 1. The first-order chi connectivity index (χ1) is 15.4. The molecule has 1 aliphatic heterocycles. The molecule has 4 heterocycles. The number of methoxy groups -OCH3 is 1. The fourth-order valence-electron chi connectivity index (χ4n) is 4.99. The maximum Gasteiger partial charge on any atom is 0.276 e. The van der Waals surface area contributed by atoms with Crippen LogP contribution in [0.15, 0.2) is 36.2 Å². The van der Waals surface area contributed by atoms with Gasteiger partial charge >= 0.3 is 0 Å². The van der Waals surface area contributed by atoms with Crippen LogP contribution >= 0.6 is 0 Å². The van der Waals surface area contributed by atoms with Crippen molar-refractivity contribution in [3.8, 4) is 5.88 Å². The molecule has 10 nitrogen and oxygen atoms in total. The number of hydrogen-bond acceptors (Lipinski definition) is 6. The Labute approximate surface area is 185 Å². The molecule has 0 spiro atoms. The molecule has 2 unspecified atom stereocenters. The number of anilines is 2. The van der Waals surface area contributed by atoms with Crippen molar-refractivity contribution >= 4 is 28.3 Å². The van der Waals surface area contributed by atoms with Crippen LogP contribution in [0, 0.1) is 17.8 Å². The minimum absolute atomic E-state index is 0.0155. The third-order valence-electron chi connectivity index (χ3n) is 6.70. The maximum absolute atomic E-state index is 13.4. The topological polar surface area (TPSA) is 99.2 Å². The Bertz CT molecular complexity index is 1260. The van der Waals surface area contributed by atoms with Gasteiger partial charge in [0.15, 0.2) is 0 Å². The molecule has 32 heavy (non-hydrogen) atoms. The van der Waals surface area contributed by atoms with Crippen molar-refractivity contribution in [2.24, 2.45) is 24.8 Å². The molecule has 2 atom stereocenters. The summed E-state index contributed by atoms with van der Waals surface area (Å²) in [5.41, 5.74) is 2.58. The Kier molecular flexibility index (Phi) is 4.79. The zero-order chi connectivity index (χ0) is 22.6. The Morgan fingerprint density at radius 2 is 2.03 bits per heavy atom. The van der Waals surface area contributed by atoms with E-state index in [2.05, 4.69) is 22.0 Å². The number of aryl methyl sites for hydroxylation is 2. The second-order valence-electron chi connectivity index (χ2n) is 8.52. The second-order valence-corrected chi connectivity index (χ2v) is 8.52. The number of carbonyl (C=O) groups excluding carboxylic acids is 1. The largest absolute Gasteiger partial charge is 0.478 e. The second kappa shape index (κ2) is 7.54. The molecular formula is C22H27N7O3. The van der Waals surface area contributed by atoms with Crippen LogP contribution in [0.3, 0.4) is 0 Å². The van der Waals surface area contributed by atoms with Crippen molar-refractivity contribution < 1.29 is 9.53 Å². The lowest BCUT2D eigenvalue weighted by molar-refractivity contribution is -0.125. The molecule has 168 valence electrons.